The van der Waals surface area contributed by atoms with Crippen LogP contribution in [-0.2, 0) is 11.2 Å². The van der Waals surface area contributed by atoms with Crippen LogP contribution in [0.4, 0.5) is 0 Å². The summed E-state index contributed by atoms with van der Waals surface area (Å²) in [6, 6.07) is 8.36. The molecule has 26 heavy (non-hydrogen) atoms. The molecule has 0 spiro atoms. The van der Waals surface area contributed by atoms with E-state index in [1.165, 1.54) is 0 Å². The molecule has 2 N–H and O–H groups in total. The van der Waals surface area contributed by atoms with Crippen LogP contribution < -0.4 is 10.1 Å². The van der Waals surface area contributed by atoms with Crippen LogP contribution in [0, 0.1) is 0 Å². The average molecular weight is 348 g/mol. The van der Waals surface area contributed by atoms with Crippen molar-refractivity contribution in [1.29, 1.82) is 0 Å². The van der Waals surface area contributed by atoms with E-state index >= 15 is 0 Å². The second-order valence-electron chi connectivity index (χ2n) is 7.26. The number of piperidine rings is 1. The van der Waals surface area contributed by atoms with Crippen molar-refractivity contribution in [3.63, 3.8) is 0 Å². The number of aromatic nitrogens is 3. The van der Waals surface area contributed by atoms with Gasteiger partial charge in [0.25, 0.3) is 0 Å². The van der Waals surface area contributed by atoms with E-state index in [1.807, 2.05) is 24.4 Å². The van der Waals surface area contributed by atoms with Crippen molar-refractivity contribution in [2.75, 3.05) is 6.54 Å². The zero-order valence-electron chi connectivity index (χ0n) is 14.6. The Balaban J connectivity index is 1.48. The van der Waals surface area contributed by atoms with Crippen molar-refractivity contribution in [3.8, 4) is 28.4 Å². The molecule has 1 fully saturated rings. The molecular formula is C20H20N4O2. The predicted molar refractivity (Wildman–Crippen MR) is 97.2 cm³/mol. The van der Waals surface area contributed by atoms with Crippen molar-refractivity contribution in [2.45, 2.75) is 38.1 Å². The fourth-order valence-electron chi connectivity index (χ4n) is 3.96. The summed E-state index contributed by atoms with van der Waals surface area (Å²) >= 11 is 0. The average Bonchev–Trinajstić information content (AvgIpc) is 3.22. The van der Waals surface area contributed by atoms with Crippen molar-refractivity contribution < 1.29 is 9.53 Å². The van der Waals surface area contributed by atoms with Crippen molar-refractivity contribution in [3.05, 3.63) is 41.9 Å². The standard InChI is InChI=1S/C20H20N4O2/c1-11-6-13(4-5-21-11)20-22-10-17-16(24-20)9-15(23-17)12-2-3-18-14(7-12)8-19(25)26-18/h2-3,7,9-11,13,21H,4-6,8H2,1H3,(H,22,24). The zero-order valence-corrected chi connectivity index (χ0v) is 14.6. The van der Waals surface area contributed by atoms with Gasteiger partial charge in [0, 0.05) is 23.1 Å². The van der Waals surface area contributed by atoms with E-state index in [1.54, 1.807) is 0 Å². The molecule has 6 nitrogen and oxygen atoms in total. The zero-order chi connectivity index (χ0) is 17.7. The number of nitrogens with zero attached hydrogens (tertiary/aromatic N) is 2. The minimum absolute atomic E-state index is 0.198. The number of carbonyl (C=O) groups excluding carboxylic acids is 1. The fraction of sp³-hybridized carbons (Fsp3) is 0.350. The number of aromatic amines is 1. The lowest BCUT2D eigenvalue weighted by Gasteiger charge is -2.27. The monoisotopic (exact) mass is 348 g/mol. The van der Waals surface area contributed by atoms with Gasteiger partial charge in [-0.05, 0) is 50.6 Å². The Kier molecular flexibility index (Phi) is 3.53. The third-order valence-electron chi connectivity index (χ3n) is 5.31. The third-order valence-corrected chi connectivity index (χ3v) is 5.31. The first kappa shape index (κ1) is 15.5. The lowest BCUT2D eigenvalue weighted by Crippen LogP contribution is -2.35. The first-order valence-electron chi connectivity index (χ1n) is 9.09. The van der Waals surface area contributed by atoms with Gasteiger partial charge >= 0.3 is 5.97 Å². The van der Waals surface area contributed by atoms with Gasteiger partial charge in [-0.3, -0.25) is 4.79 Å². The lowest BCUT2D eigenvalue weighted by molar-refractivity contribution is -0.131. The van der Waals surface area contributed by atoms with Crippen molar-refractivity contribution in [2.24, 2.45) is 0 Å². The summed E-state index contributed by atoms with van der Waals surface area (Å²) in [7, 11) is 0. The van der Waals surface area contributed by atoms with Crippen molar-refractivity contribution in [1.82, 2.24) is 20.3 Å². The topological polar surface area (TPSA) is 79.9 Å². The number of esters is 1. The lowest BCUT2D eigenvalue weighted by atomic mass is 9.92. The SMILES string of the molecule is CC1CC(c2ncc3nc(-c4ccc5c(c4)CC(=O)O5)cc-3[nH]2)CCN1. The summed E-state index contributed by atoms with van der Waals surface area (Å²) in [6.07, 6.45) is 4.38. The molecule has 0 aliphatic carbocycles. The van der Waals surface area contributed by atoms with Gasteiger partial charge in [0.15, 0.2) is 0 Å². The number of fused-ring (bicyclic) bond motifs is 2. The minimum atomic E-state index is -0.198. The Morgan fingerprint density at radius 1 is 1.23 bits per heavy atom. The molecule has 4 aliphatic rings. The van der Waals surface area contributed by atoms with E-state index < -0.39 is 0 Å². The molecular weight excluding hydrogens is 328 g/mol. The largest absolute Gasteiger partial charge is 0.426 e. The van der Waals surface area contributed by atoms with Crippen LogP contribution >= 0.6 is 0 Å². The summed E-state index contributed by atoms with van der Waals surface area (Å²) in [5.41, 5.74) is 4.66. The van der Waals surface area contributed by atoms with Crippen LogP contribution in [0.5, 0.6) is 5.75 Å². The number of hydrogen-bond acceptors (Lipinski definition) is 5. The summed E-state index contributed by atoms with van der Waals surface area (Å²) in [4.78, 5) is 24.3. The van der Waals surface area contributed by atoms with Gasteiger partial charge in [0.1, 0.15) is 17.3 Å². The predicted octanol–water partition coefficient (Wildman–Crippen LogP) is 2.89. The maximum atomic E-state index is 11.4. The minimum Gasteiger partial charge on any atom is -0.426 e. The van der Waals surface area contributed by atoms with Crippen LogP contribution in [0.3, 0.4) is 0 Å². The summed E-state index contributed by atoms with van der Waals surface area (Å²) in [6.45, 7) is 3.25. The first-order chi connectivity index (χ1) is 12.7. The highest BCUT2D eigenvalue weighted by Gasteiger charge is 2.24. The maximum absolute atomic E-state index is 11.4. The Morgan fingerprint density at radius 2 is 2.15 bits per heavy atom. The summed E-state index contributed by atoms with van der Waals surface area (Å²) in [5.74, 6) is 1.96. The number of benzene rings is 1. The van der Waals surface area contributed by atoms with Gasteiger partial charge in [-0.1, -0.05) is 0 Å². The van der Waals surface area contributed by atoms with Gasteiger partial charge in [-0.2, -0.15) is 0 Å². The quantitative estimate of drug-likeness (QED) is 0.550. The fourth-order valence-corrected chi connectivity index (χ4v) is 3.96. The molecule has 4 aliphatic heterocycles. The van der Waals surface area contributed by atoms with Gasteiger partial charge in [-0.15, -0.1) is 0 Å². The first-order valence-corrected chi connectivity index (χ1v) is 9.09. The molecule has 0 radical (unpaired) electrons. The Morgan fingerprint density at radius 3 is 3.04 bits per heavy atom. The molecule has 4 heterocycles. The Bertz CT molecular complexity index is 964. The van der Waals surface area contributed by atoms with Crippen LogP contribution in [0.2, 0.25) is 0 Å². The second kappa shape index (κ2) is 5.92. The number of hydrogen-bond donors (Lipinski definition) is 2. The molecule has 1 aromatic carbocycles. The summed E-state index contributed by atoms with van der Waals surface area (Å²) in [5, 5.41) is 3.48. The van der Waals surface area contributed by atoms with Gasteiger partial charge < -0.3 is 15.0 Å². The van der Waals surface area contributed by atoms with E-state index in [-0.39, 0.29) is 5.97 Å². The highest BCUT2D eigenvalue weighted by Crippen LogP contribution is 2.34. The van der Waals surface area contributed by atoms with E-state index in [2.05, 4.69) is 28.3 Å². The van der Waals surface area contributed by atoms with Crippen LogP contribution in [0.15, 0.2) is 30.5 Å². The smallest absolute Gasteiger partial charge is 0.315 e. The van der Waals surface area contributed by atoms with Crippen molar-refractivity contribution >= 4 is 5.97 Å². The van der Waals surface area contributed by atoms with Crippen LogP contribution in [0.25, 0.3) is 22.6 Å². The van der Waals surface area contributed by atoms with Gasteiger partial charge in [0.2, 0.25) is 0 Å². The molecule has 1 aromatic rings. The molecule has 2 atom stereocenters. The molecule has 0 bridgehead atoms. The third kappa shape index (κ3) is 2.66. The highest BCUT2D eigenvalue weighted by atomic mass is 16.5. The van der Waals surface area contributed by atoms with E-state index in [0.717, 1.165) is 53.4 Å². The molecule has 0 amide bonds. The van der Waals surface area contributed by atoms with E-state index in [4.69, 9.17) is 9.72 Å². The molecule has 132 valence electrons. The molecule has 2 unspecified atom stereocenters. The van der Waals surface area contributed by atoms with Gasteiger partial charge in [0.05, 0.1) is 24.0 Å². The van der Waals surface area contributed by atoms with E-state index in [0.29, 0.717) is 24.1 Å². The normalized spacial score (nSPS) is 22.4. The Labute approximate surface area is 151 Å². The maximum Gasteiger partial charge on any atom is 0.315 e. The summed E-state index contributed by atoms with van der Waals surface area (Å²) < 4.78 is 5.17. The van der Waals surface area contributed by atoms with E-state index in [9.17, 15) is 4.79 Å². The van der Waals surface area contributed by atoms with Crippen LogP contribution in [-0.4, -0.2) is 33.5 Å². The highest BCUT2D eigenvalue weighted by molar-refractivity contribution is 5.82. The van der Waals surface area contributed by atoms with Gasteiger partial charge in [-0.25, -0.2) is 9.97 Å². The number of nitrogens with one attached hydrogen (secondary N) is 2. The number of carbonyl (C=O) groups is 1. The number of ether oxygens (including phenoxy) is 1. The molecule has 5 rings (SSSR count). The number of H-pyrrole nitrogens is 1. The molecule has 0 saturated carbocycles. The molecule has 6 heteroatoms. The van der Waals surface area contributed by atoms with Crippen LogP contribution in [0.1, 0.15) is 37.1 Å². The molecule has 0 aromatic heterocycles. The second-order valence-corrected chi connectivity index (χ2v) is 7.26. The Hall–Kier alpha value is -2.73. The number of rotatable bonds is 2. The molecule has 1 saturated heterocycles.